The SMILES string of the molecule is CC.COC(=O)c1c(F)c(F)c(F)c(F)c1F. The zero-order valence-corrected chi connectivity index (χ0v) is 9.21. The number of esters is 1. The molecule has 17 heavy (non-hydrogen) atoms. The third-order valence-electron chi connectivity index (χ3n) is 1.60. The molecule has 0 spiro atoms. The summed E-state index contributed by atoms with van der Waals surface area (Å²) in [5.41, 5.74) is -1.60. The van der Waals surface area contributed by atoms with Crippen LogP contribution in [-0.2, 0) is 4.74 Å². The fourth-order valence-corrected chi connectivity index (χ4v) is 0.886. The number of hydrogen-bond donors (Lipinski definition) is 0. The summed E-state index contributed by atoms with van der Waals surface area (Å²) in [6.45, 7) is 4.00. The molecule has 0 aliphatic carbocycles. The van der Waals surface area contributed by atoms with Crippen LogP contribution in [0.3, 0.4) is 0 Å². The molecule has 7 heteroatoms. The third kappa shape index (κ3) is 2.72. The monoisotopic (exact) mass is 256 g/mol. The Kier molecular flexibility index (Phi) is 5.57. The van der Waals surface area contributed by atoms with Crippen molar-refractivity contribution >= 4 is 5.97 Å². The highest BCUT2D eigenvalue weighted by molar-refractivity contribution is 5.90. The summed E-state index contributed by atoms with van der Waals surface area (Å²) >= 11 is 0. The topological polar surface area (TPSA) is 26.3 Å². The number of hydrogen-bond acceptors (Lipinski definition) is 2. The molecule has 0 amide bonds. The van der Waals surface area contributed by atoms with E-state index in [1.165, 1.54) is 0 Å². The van der Waals surface area contributed by atoms with Crippen molar-refractivity contribution in [1.29, 1.82) is 0 Å². The Hall–Kier alpha value is -1.66. The van der Waals surface area contributed by atoms with Gasteiger partial charge in [0.1, 0.15) is 5.56 Å². The first-order chi connectivity index (χ1) is 7.91. The molecule has 0 heterocycles. The zero-order chi connectivity index (χ0) is 13.7. The summed E-state index contributed by atoms with van der Waals surface area (Å²) in [7, 11) is 0.750. The van der Waals surface area contributed by atoms with E-state index in [1.807, 2.05) is 13.8 Å². The van der Waals surface area contributed by atoms with Gasteiger partial charge in [-0.25, -0.2) is 26.7 Å². The van der Waals surface area contributed by atoms with Crippen molar-refractivity contribution in [3.05, 3.63) is 34.6 Å². The molecule has 1 rings (SSSR count). The fourth-order valence-electron chi connectivity index (χ4n) is 0.886. The standard InChI is InChI=1S/C8H3F5O2.C2H6/c1-15-8(14)2-3(9)5(11)7(13)6(12)4(2)10;1-2/h1H3;1-2H3. The lowest BCUT2D eigenvalue weighted by Crippen LogP contribution is -2.13. The highest BCUT2D eigenvalue weighted by Crippen LogP contribution is 2.23. The van der Waals surface area contributed by atoms with Gasteiger partial charge in [0.2, 0.25) is 5.82 Å². The quantitative estimate of drug-likeness (QED) is 0.334. The van der Waals surface area contributed by atoms with Gasteiger partial charge in [0.15, 0.2) is 23.3 Å². The van der Waals surface area contributed by atoms with Gasteiger partial charge in [-0.2, -0.15) is 0 Å². The van der Waals surface area contributed by atoms with Crippen LogP contribution in [0, 0.1) is 29.1 Å². The van der Waals surface area contributed by atoms with Gasteiger partial charge in [0.25, 0.3) is 0 Å². The Balaban J connectivity index is 0.00000121. The van der Waals surface area contributed by atoms with Gasteiger partial charge in [0, 0.05) is 0 Å². The Morgan fingerprint density at radius 3 is 1.41 bits per heavy atom. The summed E-state index contributed by atoms with van der Waals surface area (Å²) in [5, 5.41) is 0. The zero-order valence-electron chi connectivity index (χ0n) is 9.21. The van der Waals surface area contributed by atoms with E-state index in [-0.39, 0.29) is 0 Å². The molecule has 2 nitrogen and oxygen atoms in total. The first-order valence-electron chi connectivity index (χ1n) is 4.51. The second-order valence-corrected chi connectivity index (χ2v) is 2.44. The normalized spacial score (nSPS) is 9.41. The van der Waals surface area contributed by atoms with Crippen molar-refractivity contribution in [2.75, 3.05) is 7.11 Å². The summed E-state index contributed by atoms with van der Waals surface area (Å²) in [4.78, 5) is 10.7. The molecule has 0 aliphatic rings. The number of carbonyl (C=O) groups excluding carboxylic acids is 1. The molecule has 0 N–H and O–H groups in total. The highest BCUT2D eigenvalue weighted by Gasteiger charge is 2.30. The minimum absolute atomic E-state index is 0.750. The Bertz CT molecular complexity index is 402. The van der Waals surface area contributed by atoms with Crippen LogP contribution >= 0.6 is 0 Å². The van der Waals surface area contributed by atoms with Crippen LogP contribution in [0.15, 0.2) is 0 Å². The molecule has 0 unspecified atom stereocenters. The predicted octanol–water partition coefficient (Wildman–Crippen LogP) is 3.19. The van der Waals surface area contributed by atoms with Crippen LogP contribution in [0.2, 0.25) is 0 Å². The van der Waals surface area contributed by atoms with E-state index in [2.05, 4.69) is 4.74 Å². The van der Waals surface area contributed by atoms with Gasteiger partial charge in [-0.3, -0.25) is 0 Å². The van der Waals surface area contributed by atoms with Gasteiger partial charge >= 0.3 is 5.97 Å². The van der Waals surface area contributed by atoms with Crippen LogP contribution in [0.1, 0.15) is 24.2 Å². The van der Waals surface area contributed by atoms with Crippen LogP contribution < -0.4 is 0 Å². The fraction of sp³-hybridized carbons (Fsp3) is 0.300. The predicted molar refractivity (Wildman–Crippen MR) is 48.9 cm³/mol. The first-order valence-corrected chi connectivity index (χ1v) is 4.51. The van der Waals surface area contributed by atoms with Crippen molar-refractivity contribution in [3.63, 3.8) is 0 Å². The maximum Gasteiger partial charge on any atom is 0.344 e. The van der Waals surface area contributed by atoms with Crippen molar-refractivity contribution in [3.8, 4) is 0 Å². The molecule has 96 valence electrons. The number of carbonyl (C=O) groups is 1. The lowest BCUT2D eigenvalue weighted by atomic mass is 10.1. The molecule has 0 atom stereocenters. The van der Waals surface area contributed by atoms with Crippen molar-refractivity contribution in [1.82, 2.24) is 0 Å². The maximum atomic E-state index is 12.8. The molecule has 0 aromatic heterocycles. The summed E-state index contributed by atoms with van der Waals surface area (Å²) in [6.07, 6.45) is 0. The number of halogens is 5. The summed E-state index contributed by atoms with van der Waals surface area (Å²) in [6, 6.07) is 0. The molecule has 0 saturated heterocycles. The molecule has 0 saturated carbocycles. The Labute approximate surface area is 94.0 Å². The molecule has 0 bridgehead atoms. The van der Waals surface area contributed by atoms with E-state index >= 15 is 0 Å². The van der Waals surface area contributed by atoms with Crippen LogP contribution in [-0.4, -0.2) is 13.1 Å². The average Bonchev–Trinajstić information content (AvgIpc) is 2.36. The van der Waals surface area contributed by atoms with Gasteiger partial charge in [-0.15, -0.1) is 0 Å². The van der Waals surface area contributed by atoms with E-state index < -0.39 is 40.6 Å². The largest absolute Gasteiger partial charge is 0.465 e. The second kappa shape index (κ2) is 6.17. The van der Waals surface area contributed by atoms with E-state index in [1.54, 1.807) is 0 Å². The molecule has 1 aromatic carbocycles. The van der Waals surface area contributed by atoms with Crippen LogP contribution in [0.5, 0.6) is 0 Å². The second-order valence-electron chi connectivity index (χ2n) is 2.44. The Morgan fingerprint density at radius 1 is 0.824 bits per heavy atom. The third-order valence-corrected chi connectivity index (χ3v) is 1.60. The lowest BCUT2D eigenvalue weighted by Gasteiger charge is -2.05. The molecular formula is C10H9F5O2. The van der Waals surface area contributed by atoms with E-state index in [4.69, 9.17) is 0 Å². The minimum Gasteiger partial charge on any atom is -0.465 e. The lowest BCUT2D eigenvalue weighted by molar-refractivity contribution is 0.0586. The summed E-state index contributed by atoms with van der Waals surface area (Å²) < 4.78 is 67.1. The van der Waals surface area contributed by atoms with Crippen molar-refractivity contribution < 1.29 is 31.5 Å². The molecule has 0 aliphatic heterocycles. The van der Waals surface area contributed by atoms with Gasteiger partial charge in [-0.1, -0.05) is 13.8 Å². The van der Waals surface area contributed by atoms with Gasteiger partial charge in [-0.05, 0) is 0 Å². The van der Waals surface area contributed by atoms with E-state index in [0.717, 1.165) is 7.11 Å². The Morgan fingerprint density at radius 2 is 1.12 bits per heavy atom. The number of methoxy groups -OCH3 is 1. The summed E-state index contributed by atoms with van der Waals surface area (Å²) in [5.74, 6) is -12.7. The smallest absolute Gasteiger partial charge is 0.344 e. The number of rotatable bonds is 1. The molecule has 0 fully saturated rings. The van der Waals surface area contributed by atoms with E-state index in [0.29, 0.717) is 0 Å². The van der Waals surface area contributed by atoms with E-state index in [9.17, 15) is 26.7 Å². The van der Waals surface area contributed by atoms with Crippen LogP contribution in [0.4, 0.5) is 22.0 Å². The minimum atomic E-state index is -2.32. The molecule has 0 radical (unpaired) electrons. The average molecular weight is 256 g/mol. The van der Waals surface area contributed by atoms with Gasteiger partial charge < -0.3 is 4.74 Å². The number of benzene rings is 1. The highest BCUT2D eigenvalue weighted by atomic mass is 19.2. The van der Waals surface area contributed by atoms with Crippen molar-refractivity contribution in [2.24, 2.45) is 0 Å². The number of ether oxygens (including phenoxy) is 1. The molecular weight excluding hydrogens is 247 g/mol. The van der Waals surface area contributed by atoms with Crippen molar-refractivity contribution in [2.45, 2.75) is 13.8 Å². The maximum absolute atomic E-state index is 12.8. The molecule has 1 aromatic rings. The van der Waals surface area contributed by atoms with Crippen LogP contribution in [0.25, 0.3) is 0 Å². The van der Waals surface area contributed by atoms with Gasteiger partial charge in [0.05, 0.1) is 7.11 Å². The first kappa shape index (κ1) is 15.3.